The Hall–Kier alpha value is -2.24. The standard InChI is InChI=1S/C12H12N4O2/c1-8-2-3-9(6-11(8)16(17)18)12-13-7-15(14-12)10-4-5-10/h2-3,6-7,10H,4-5H2,1H3. The molecule has 0 radical (unpaired) electrons. The third-order valence-electron chi connectivity index (χ3n) is 3.09. The number of nitro groups is 1. The zero-order valence-corrected chi connectivity index (χ0v) is 9.91. The summed E-state index contributed by atoms with van der Waals surface area (Å²) in [5.41, 5.74) is 1.44. The van der Waals surface area contributed by atoms with E-state index < -0.39 is 0 Å². The smallest absolute Gasteiger partial charge is 0.258 e. The van der Waals surface area contributed by atoms with Crippen LogP contribution in [0.4, 0.5) is 5.69 Å². The van der Waals surface area contributed by atoms with Crippen LogP contribution < -0.4 is 0 Å². The molecule has 0 spiro atoms. The summed E-state index contributed by atoms with van der Waals surface area (Å²) in [6.07, 6.45) is 3.96. The highest BCUT2D eigenvalue weighted by atomic mass is 16.6. The molecular weight excluding hydrogens is 232 g/mol. The highest BCUT2D eigenvalue weighted by Gasteiger charge is 2.25. The molecule has 6 heteroatoms. The summed E-state index contributed by atoms with van der Waals surface area (Å²) in [6.45, 7) is 1.72. The lowest BCUT2D eigenvalue weighted by Gasteiger charge is -1.99. The van der Waals surface area contributed by atoms with Gasteiger partial charge in [-0.15, -0.1) is 0 Å². The molecule has 1 heterocycles. The van der Waals surface area contributed by atoms with Crippen LogP contribution in [0.1, 0.15) is 24.4 Å². The van der Waals surface area contributed by atoms with Crippen LogP contribution in [0.5, 0.6) is 0 Å². The first-order valence-electron chi connectivity index (χ1n) is 5.82. The van der Waals surface area contributed by atoms with Crippen molar-refractivity contribution < 1.29 is 4.92 Å². The molecule has 1 aromatic heterocycles. The van der Waals surface area contributed by atoms with Gasteiger partial charge in [0.1, 0.15) is 6.33 Å². The minimum Gasteiger partial charge on any atom is -0.258 e. The molecule has 6 nitrogen and oxygen atoms in total. The van der Waals surface area contributed by atoms with E-state index in [1.54, 1.807) is 19.3 Å². The van der Waals surface area contributed by atoms with Gasteiger partial charge in [0.2, 0.25) is 0 Å². The Kier molecular flexibility index (Phi) is 2.36. The second-order valence-corrected chi connectivity index (χ2v) is 4.54. The molecule has 1 saturated carbocycles. The lowest BCUT2D eigenvalue weighted by atomic mass is 10.1. The van der Waals surface area contributed by atoms with E-state index in [0.29, 0.717) is 23.0 Å². The second kappa shape index (κ2) is 3.90. The summed E-state index contributed by atoms with van der Waals surface area (Å²) in [7, 11) is 0. The average Bonchev–Trinajstić information content (AvgIpc) is 3.08. The van der Waals surface area contributed by atoms with Gasteiger partial charge in [-0.3, -0.25) is 10.1 Å². The summed E-state index contributed by atoms with van der Waals surface area (Å²) in [5, 5.41) is 15.2. The first-order valence-corrected chi connectivity index (χ1v) is 5.82. The molecule has 0 amide bonds. The second-order valence-electron chi connectivity index (χ2n) is 4.54. The van der Waals surface area contributed by atoms with E-state index in [-0.39, 0.29) is 10.6 Å². The van der Waals surface area contributed by atoms with Crippen molar-refractivity contribution in [3.05, 3.63) is 40.2 Å². The van der Waals surface area contributed by atoms with Crippen LogP contribution in [-0.4, -0.2) is 19.7 Å². The summed E-state index contributed by atoms with van der Waals surface area (Å²) in [4.78, 5) is 14.7. The van der Waals surface area contributed by atoms with Crippen molar-refractivity contribution in [2.45, 2.75) is 25.8 Å². The van der Waals surface area contributed by atoms with Gasteiger partial charge in [0.15, 0.2) is 5.82 Å². The molecule has 0 saturated heterocycles. The molecule has 1 fully saturated rings. The van der Waals surface area contributed by atoms with Gasteiger partial charge in [-0.2, -0.15) is 5.10 Å². The minimum atomic E-state index is -0.378. The van der Waals surface area contributed by atoms with Gasteiger partial charge in [-0.1, -0.05) is 12.1 Å². The lowest BCUT2D eigenvalue weighted by molar-refractivity contribution is -0.385. The van der Waals surface area contributed by atoms with E-state index >= 15 is 0 Å². The van der Waals surface area contributed by atoms with Gasteiger partial charge in [0, 0.05) is 17.2 Å². The largest absolute Gasteiger partial charge is 0.273 e. The molecule has 0 atom stereocenters. The van der Waals surface area contributed by atoms with Crippen molar-refractivity contribution in [2.75, 3.05) is 0 Å². The average molecular weight is 244 g/mol. The number of aryl methyl sites for hydroxylation is 1. The maximum Gasteiger partial charge on any atom is 0.273 e. The maximum atomic E-state index is 10.9. The summed E-state index contributed by atoms with van der Waals surface area (Å²) in [5.74, 6) is 0.546. The Bertz CT molecular complexity index is 616. The van der Waals surface area contributed by atoms with Crippen LogP contribution >= 0.6 is 0 Å². The van der Waals surface area contributed by atoms with Crippen molar-refractivity contribution in [3.8, 4) is 11.4 Å². The predicted octanol–water partition coefficient (Wildman–Crippen LogP) is 2.50. The molecule has 92 valence electrons. The topological polar surface area (TPSA) is 73.8 Å². The fourth-order valence-corrected chi connectivity index (χ4v) is 1.87. The van der Waals surface area contributed by atoms with Gasteiger partial charge in [-0.25, -0.2) is 9.67 Å². The molecule has 18 heavy (non-hydrogen) atoms. The quantitative estimate of drug-likeness (QED) is 0.614. The molecule has 0 aliphatic heterocycles. The summed E-state index contributed by atoms with van der Waals surface area (Å²) >= 11 is 0. The normalized spacial score (nSPS) is 14.7. The monoisotopic (exact) mass is 244 g/mol. The third kappa shape index (κ3) is 1.85. The Labute approximate surface area is 103 Å². The van der Waals surface area contributed by atoms with E-state index in [9.17, 15) is 10.1 Å². The number of hydrogen-bond donors (Lipinski definition) is 0. The van der Waals surface area contributed by atoms with Gasteiger partial charge >= 0.3 is 0 Å². The Balaban J connectivity index is 1.99. The third-order valence-corrected chi connectivity index (χ3v) is 3.09. The van der Waals surface area contributed by atoms with Crippen LogP contribution in [0, 0.1) is 17.0 Å². The van der Waals surface area contributed by atoms with Gasteiger partial charge in [0.25, 0.3) is 5.69 Å². The fraction of sp³-hybridized carbons (Fsp3) is 0.333. The van der Waals surface area contributed by atoms with Crippen molar-refractivity contribution in [1.29, 1.82) is 0 Å². The number of rotatable bonds is 3. The number of benzene rings is 1. The molecule has 0 bridgehead atoms. The number of hydrogen-bond acceptors (Lipinski definition) is 4. The maximum absolute atomic E-state index is 10.9. The Morgan fingerprint density at radius 2 is 2.22 bits per heavy atom. The highest BCUT2D eigenvalue weighted by molar-refractivity contribution is 5.60. The number of aromatic nitrogens is 3. The summed E-state index contributed by atoms with van der Waals surface area (Å²) < 4.78 is 1.83. The lowest BCUT2D eigenvalue weighted by Crippen LogP contribution is -1.95. The minimum absolute atomic E-state index is 0.107. The number of nitro benzene ring substituents is 1. The fourth-order valence-electron chi connectivity index (χ4n) is 1.87. The van der Waals surface area contributed by atoms with Crippen LogP contribution in [0.3, 0.4) is 0 Å². The van der Waals surface area contributed by atoms with Gasteiger partial charge in [-0.05, 0) is 19.8 Å². The van der Waals surface area contributed by atoms with Crippen LogP contribution in [0.15, 0.2) is 24.5 Å². The molecule has 3 rings (SSSR count). The van der Waals surface area contributed by atoms with Gasteiger partial charge in [0.05, 0.1) is 11.0 Å². The van der Waals surface area contributed by atoms with E-state index in [0.717, 1.165) is 12.8 Å². The van der Waals surface area contributed by atoms with Crippen molar-refractivity contribution in [2.24, 2.45) is 0 Å². The highest BCUT2D eigenvalue weighted by Crippen LogP contribution is 2.34. The SMILES string of the molecule is Cc1ccc(-c2ncn(C3CC3)n2)cc1[N+](=O)[O-]. The molecule has 2 aromatic rings. The Morgan fingerprint density at radius 3 is 2.89 bits per heavy atom. The molecule has 1 aromatic carbocycles. The van der Waals surface area contributed by atoms with E-state index in [1.165, 1.54) is 6.07 Å². The first kappa shape index (κ1) is 10.9. The molecule has 1 aliphatic carbocycles. The van der Waals surface area contributed by atoms with Crippen molar-refractivity contribution in [3.63, 3.8) is 0 Å². The number of nitrogens with zero attached hydrogens (tertiary/aromatic N) is 4. The van der Waals surface area contributed by atoms with Crippen molar-refractivity contribution in [1.82, 2.24) is 14.8 Å². The Morgan fingerprint density at radius 1 is 1.44 bits per heavy atom. The predicted molar refractivity (Wildman–Crippen MR) is 65.1 cm³/mol. The van der Waals surface area contributed by atoms with Crippen molar-refractivity contribution >= 4 is 5.69 Å². The van der Waals surface area contributed by atoms with E-state index in [1.807, 2.05) is 10.7 Å². The van der Waals surface area contributed by atoms with Crippen LogP contribution in [0.2, 0.25) is 0 Å². The van der Waals surface area contributed by atoms with E-state index in [4.69, 9.17) is 0 Å². The summed E-state index contributed by atoms with van der Waals surface area (Å²) in [6, 6.07) is 5.54. The molecule has 0 N–H and O–H groups in total. The zero-order valence-electron chi connectivity index (χ0n) is 9.91. The zero-order chi connectivity index (χ0) is 12.7. The molecular formula is C12H12N4O2. The molecule has 1 aliphatic rings. The first-order chi connectivity index (χ1) is 8.65. The van der Waals surface area contributed by atoms with Crippen LogP contribution in [0.25, 0.3) is 11.4 Å². The molecule has 0 unspecified atom stereocenters. The van der Waals surface area contributed by atoms with Crippen LogP contribution in [-0.2, 0) is 0 Å². The van der Waals surface area contributed by atoms with E-state index in [2.05, 4.69) is 10.1 Å². The van der Waals surface area contributed by atoms with Gasteiger partial charge < -0.3 is 0 Å².